The summed E-state index contributed by atoms with van der Waals surface area (Å²) in [5, 5.41) is 28.3. The van der Waals surface area contributed by atoms with Gasteiger partial charge in [0.1, 0.15) is 5.56 Å². The third kappa shape index (κ3) is 7.24. The molecule has 0 fully saturated rings. The van der Waals surface area contributed by atoms with Gasteiger partial charge in [-0.25, -0.2) is 10.2 Å². The maximum absolute atomic E-state index is 12.0. The number of nitro benzene ring substituents is 1. The van der Waals surface area contributed by atoms with Crippen molar-refractivity contribution in [3.05, 3.63) is 63.2 Å². The summed E-state index contributed by atoms with van der Waals surface area (Å²) in [4.78, 5) is 57.3. The number of amides is 3. The number of non-ortho nitro benzene ring substituents is 1. The van der Waals surface area contributed by atoms with Crippen LogP contribution < -0.4 is 25.5 Å². The number of nitro groups is 1. The van der Waals surface area contributed by atoms with E-state index in [4.69, 9.17) is 9.47 Å². The van der Waals surface area contributed by atoms with Gasteiger partial charge in [0.05, 0.1) is 38.4 Å². The van der Waals surface area contributed by atoms with Gasteiger partial charge in [0.25, 0.3) is 17.5 Å². The molecule has 0 aliphatic rings. The second-order valence-electron chi connectivity index (χ2n) is 6.63. The quantitative estimate of drug-likeness (QED) is 0.196. The van der Waals surface area contributed by atoms with Crippen molar-refractivity contribution in [2.75, 3.05) is 27.3 Å². The summed E-state index contributed by atoms with van der Waals surface area (Å²) >= 11 is 0. The number of carboxylic acid groups (broad SMARTS) is 1. The van der Waals surface area contributed by atoms with Crippen molar-refractivity contribution in [3.8, 4) is 11.5 Å². The fourth-order valence-electron chi connectivity index (χ4n) is 2.72. The highest BCUT2D eigenvalue weighted by atomic mass is 16.6. The number of aromatic carboxylic acids is 1. The number of methoxy groups -OCH3 is 2. The average molecular weight is 487 g/mol. The van der Waals surface area contributed by atoms with Crippen molar-refractivity contribution < 1.29 is 38.7 Å². The Morgan fingerprint density at radius 1 is 1.00 bits per heavy atom. The molecule has 0 heterocycles. The van der Waals surface area contributed by atoms with E-state index in [1.165, 1.54) is 38.5 Å². The fraction of sp³-hybridized carbons (Fsp3) is 0.190. The molecule has 35 heavy (non-hydrogen) atoms. The Kier molecular flexibility index (Phi) is 9.21. The molecule has 0 radical (unpaired) electrons. The molecule has 0 atom stereocenters. The van der Waals surface area contributed by atoms with Gasteiger partial charge in [-0.1, -0.05) is 0 Å². The molecule has 14 heteroatoms. The van der Waals surface area contributed by atoms with Crippen LogP contribution in [0.25, 0.3) is 0 Å². The molecule has 3 amide bonds. The molecule has 0 saturated heterocycles. The van der Waals surface area contributed by atoms with Crippen LogP contribution >= 0.6 is 0 Å². The molecule has 14 nitrogen and oxygen atoms in total. The van der Waals surface area contributed by atoms with Gasteiger partial charge in [0.15, 0.2) is 11.5 Å². The van der Waals surface area contributed by atoms with Gasteiger partial charge in [-0.05, 0) is 24.3 Å². The molecule has 2 aromatic carbocycles. The fourth-order valence-corrected chi connectivity index (χ4v) is 2.72. The van der Waals surface area contributed by atoms with Crippen LogP contribution in [0.15, 0.2) is 41.5 Å². The van der Waals surface area contributed by atoms with Gasteiger partial charge in [-0.2, -0.15) is 5.10 Å². The molecular weight excluding hydrogens is 466 g/mol. The molecule has 0 aliphatic carbocycles. The molecule has 0 aromatic heterocycles. The summed E-state index contributed by atoms with van der Waals surface area (Å²) in [6, 6.07) is 7.67. The molecule has 184 valence electrons. The SMILES string of the molecule is COc1ccc(C=NNC(=O)CNC(=O)CNC(=O)c2ccc([N+](=O)[O-])cc2)c(C(=O)O)c1OC. The molecule has 4 N–H and O–H groups in total. The molecule has 0 aliphatic heterocycles. The minimum atomic E-state index is -1.29. The van der Waals surface area contributed by atoms with Gasteiger partial charge >= 0.3 is 5.97 Å². The molecular formula is C21H21N5O9. The molecule has 0 spiro atoms. The van der Waals surface area contributed by atoms with E-state index >= 15 is 0 Å². The molecule has 2 aromatic rings. The summed E-state index contributed by atoms with van der Waals surface area (Å²) in [5.41, 5.74) is 1.98. The third-order valence-corrected chi connectivity index (χ3v) is 4.38. The molecule has 0 saturated carbocycles. The minimum Gasteiger partial charge on any atom is -0.493 e. The summed E-state index contributed by atoms with van der Waals surface area (Å²) in [6.45, 7) is -0.915. The largest absolute Gasteiger partial charge is 0.493 e. The Bertz CT molecular complexity index is 1160. The maximum atomic E-state index is 12.0. The maximum Gasteiger partial charge on any atom is 0.340 e. The zero-order valence-electron chi connectivity index (χ0n) is 18.6. The third-order valence-electron chi connectivity index (χ3n) is 4.38. The van der Waals surface area contributed by atoms with Crippen molar-refractivity contribution in [3.63, 3.8) is 0 Å². The lowest BCUT2D eigenvalue weighted by atomic mass is 10.1. The van der Waals surface area contributed by atoms with E-state index in [0.29, 0.717) is 0 Å². The monoisotopic (exact) mass is 487 g/mol. The number of ether oxygens (including phenoxy) is 2. The zero-order chi connectivity index (χ0) is 26.0. The summed E-state index contributed by atoms with van der Waals surface area (Å²) in [5.74, 6) is -3.13. The lowest BCUT2D eigenvalue weighted by molar-refractivity contribution is -0.384. The average Bonchev–Trinajstić information content (AvgIpc) is 2.85. The van der Waals surface area contributed by atoms with Crippen molar-refractivity contribution in [1.82, 2.24) is 16.1 Å². The lowest BCUT2D eigenvalue weighted by Crippen LogP contribution is -2.41. The normalized spacial score (nSPS) is 10.3. The van der Waals surface area contributed by atoms with Gasteiger partial charge in [-0.3, -0.25) is 24.5 Å². The van der Waals surface area contributed by atoms with E-state index in [1.54, 1.807) is 0 Å². The predicted octanol–water partition coefficient (Wildman–Crippen LogP) is 0.307. The van der Waals surface area contributed by atoms with E-state index in [2.05, 4.69) is 21.2 Å². The second kappa shape index (κ2) is 12.3. The Balaban J connectivity index is 1.85. The Hall–Kier alpha value is -5.01. The predicted molar refractivity (Wildman–Crippen MR) is 121 cm³/mol. The van der Waals surface area contributed by atoms with Crippen LogP contribution in [0.3, 0.4) is 0 Å². The van der Waals surface area contributed by atoms with E-state index in [9.17, 15) is 34.4 Å². The van der Waals surface area contributed by atoms with Crippen LogP contribution in [0.4, 0.5) is 5.69 Å². The van der Waals surface area contributed by atoms with Crippen LogP contribution in [-0.4, -0.2) is 67.2 Å². The van der Waals surface area contributed by atoms with E-state index < -0.39 is 41.7 Å². The van der Waals surface area contributed by atoms with Crippen molar-refractivity contribution in [1.29, 1.82) is 0 Å². The molecule has 2 rings (SSSR count). The number of carboxylic acids is 1. The first-order valence-electron chi connectivity index (χ1n) is 9.77. The first kappa shape index (κ1) is 26.2. The van der Waals surface area contributed by atoms with E-state index in [0.717, 1.165) is 18.3 Å². The van der Waals surface area contributed by atoms with Crippen LogP contribution in [0.2, 0.25) is 0 Å². The molecule has 0 unspecified atom stereocenters. The topological polar surface area (TPSA) is 199 Å². The number of hydrogen-bond donors (Lipinski definition) is 4. The van der Waals surface area contributed by atoms with Gasteiger partial charge in [0.2, 0.25) is 5.91 Å². The number of nitrogens with one attached hydrogen (secondary N) is 3. The first-order valence-corrected chi connectivity index (χ1v) is 9.77. The number of carbonyl (C=O) groups is 4. The number of nitrogens with zero attached hydrogens (tertiary/aromatic N) is 2. The standard InChI is InChI=1S/C21H21N5O9/c1-34-15-8-5-13(18(21(30)31)19(15)35-2)9-24-25-17(28)11-22-16(27)10-23-20(29)12-3-6-14(7-4-12)26(32)33/h3-9H,10-11H2,1-2H3,(H,22,27)(H,23,29)(H,25,28)(H,30,31). The first-order chi connectivity index (χ1) is 16.7. The van der Waals surface area contributed by atoms with Gasteiger partial charge < -0.3 is 25.2 Å². The summed E-state index contributed by atoms with van der Waals surface area (Å²) < 4.78 is 10.1. The van der Waals surface area contributed by atoms with E-state index in [-0.39, 0.29) is 33.9 Å². The molecule has 0 bridgehead atoms. The Morgan fingerprint density at radius 3 is 2.23 bits per heavy atom. The number of hydrazone groups is 1. The van der Waals surface area contributed by atoms with Crippen LogP contribution in [0.1, 0.15) is 26.3 Å². The highest BCUT2D eigenvalue weighted by Crippen LogP contribution is 2.32. The zero-order valence-corrected chi connectivity index (χ0v) is 18.6. The Labute approximate surface area is 198 Å². The number of benzene rings is 2. The minimum absolute atomic E-state index is 0.0155. The summed E-state index contributed by atoms with van der Waals surface area (Å²) in [7, 11) is 2.64. The second-order valence-corrected chi connectivity index (χ2v) is 6.63. The van der Waals surface area contributed by atoms with Gasteiger partial charge in [-0.15, -0.1) is 0 Å². The van der Waals surface area contributed by atoms with Crippen molar-refractivity contribution in [2.24, 2.45) is 5.10 Å². The number of rotatable bonds is 11. The van der Waals surface area contributed by atoms with Gasteiger partial charge in [0, 0.05) is 23.3 Å². The highest BCUT2D eigenvalue weighted by molar-refractivity contribution is 6.02. The summed E-state index contributed by atoms with van der Waals surface area (Å²) in [6.07, 6.45) is 1.09. The van der Waals surface area contributed by atoms with Crippen molar-refractivity contribution in [2.45, 2.75) is 0 Å². The highest BCUT2D eigenvalue weighted by Gasteiger charge is 2.20. The smallest absolute Gasteiger partial charge is 0.340 e. The number of hydrogen-bond acceptors (Lipinski definition) is 9. The lowest BCUT2D eigenvalue weighted by Gasteiger charge is -2.12. The van der Waals surface area contributed by atoms with Crippen molar-refractivity contribution >= 4 is 35.6 Å². The van der Waals surface area contributed by atoms with Crippen LogP contribution in [0.5, 0.6) is 11.5 Å². The Morgan fingerprint density at radius 2 is 1.66 bits per heavy atom. The van der Waals surface area contributed by atoms with Crippen LogP contribution in [-0.2, 0) is 9.59 Å². The van der Waals surface area contributed by atoms with E-state index in [1.807, 2.05) is 0 Å². The van der Waals surface area contributed by atoms with Crippen LogP contribution in [0, 0.1) is 10.1 Å². The number of carbonyl (C=O) groups excluding carboxylic acids is 3.